The minimum absolute atomic E-state index is 0.0678. The second-order valence-corrected chi connectivity index (χ2v) is 9.49. The first-order valence-electron chi connectivity index (χ1n) is 6.52. The first kappa shape index (κ1) is 16.2. The third-order valence-electron chi connectivity index (χ3n) is 3.45. The number of fused-ring (bicyclic) bond motifs is 1. The van der Waals surface area contributed by atoms with Crippen LogP contribution in [0.2, 0.25) is 0 Å². The summed E-state index contributed by atoms with van der Waals surface area (Å²) in [5.41, 5.74) is 2.72. The predicted molar refractivity (Wildman–Crippen MR) is 82.6 cm³/mol. The van der Waals surface area contributed by atoms with Crippen LogP contribution in [0.5, 0.6) is 0 Å². The Labute approximate surface area is 136 Å². The number of hydrazine groups is 1. The van der Waals surface area contributed by atoms with Crippen molar-refractivity contribution >= 4 is 48.5 Å². The van der Waals surface area contributed by atoms with Crippen molar-refractivity contribution in [1.82, 2.24) is 19.0 Å². The van der Waals surface area contributed by atoms with E-state index in [0.717, 1.165) is 11.7 Å². The number of aromatic nitrogens is 2. The van der Waals surface area contributed by atoms with Gasteiger partial charge in [0.25, 0.3) is 10.0 Å². The molecule has 1 amide bonds. The average Bonchev–Trinajstić information content (AvgIpc) is 3.10. The molecule has 0 radical (unpaired) electrons. The molecule has 1 aliphatic rings. The first-order valence-corrected chi connectivity index (χ1v) is 10.6. The molecule has 9 nitrogen and oxygen atoms in total. The molecule has 1 aromatic heterocycles. The van der Waals surface area contributed by atoms with Gasteiger partial charge in [-0.25, -0.2) is 16.8 Å². The van der Waals surface area contributed by atoms with Crippen LogP contribution in [0.4, 0.5) is 0 Å². The Balaban J connectivity index is 1.75. The van der Waals surface area contributed by atoms with Crippen LogP contribution in [0.3, 0.4) is 0 Å². The zero-order valence-electron chi connectivity index (χ0n) is 11.6. The SMILES string of the molecule is O=C(NNS(=O)(=O)c1cccc2nsnc12)[C@@H]1CCS(=O)(=O)C1. The van der Waals surface area contributed by atoms with E-state index in [9.17, 15) is 21.6 Å². The highest BCUT2D eigenvalue weighted by Crippen LogP contribution is 2.21. The molecular formula is C11H12N4O5S3. The third kappa shape index (κ3) is 3.34. The summed E-state index contributed by atoms with van der Waals surface area (Å²) >= 11 is 0.881. The minimum atomic E-state index is -4.04. The second-order valence-electron chi connectivity index (χ2n) is 5.08. The van der Waals surface area contributed by atoms with Gasteiger partial charge in [-0.1, -0.05) is 6.07 Å². The van der Waals surface area contributed by atoms with E-state index in [-0.39, 0.29) is 28.3 Å². The maximum Gasteiger partial charge on any atom is 0.259 e. The monoisotopic (exact) mass is 376 g/mol. The van der Waals surface area contributed by atoms with Gasteiger partial charge in [-0.3, -0.25) is 10.2 Å². The molecule has 2 aromatic rings. The zero-order valence-corrected chi connectivity index (χ0v) is 14.0. The molecule has 3 rings (SSSR count). The molecule has 12 heteroatoms. The number of nitrogens with zero attached hydrogens (tertiary/aromatic N) is 2. The van der Waals surface area contributed by atoms with Crippen molar-refractivity contribution in [2.75, 3.05) is 11.5 Å². The highest BCUT2D eigenvalue weighted by Gasteiger charge is 2.33. The normalized spacial score (nSPS) is 20.6. The van der Waals surface area contributed by atoms with Crippen LogP contribution in [0.1, 0.15) is 6.42 Å². The molecule has 2 heterocycles. The van der Waals surface area contributed by atoms with E-state index in [2.05, 4.69) is 14.2 Å². The summed E-state index contributed by atoms with van der Waals surface area (Å²) in [6.45, 7) is 0. The van der Waals surface area contributed by atoms with E-state index < -0.39 is 31.7 Å². The summed E-state index contributed by atoms with van der Waals surface area (Å²) in [7, 11) is -7.26. The van der Waals surface area contributed by atoms with E-state index in [0.29, 0.717) is 5.52 Å². The molecule has 1 atom stereocenters. The van der Waals surface area contributed by atoms with Crippen LogP contribution in [0, 0.1) is 5.92 Å². The highest BCUT2D eigenvalue weighted by atomic mass is 32.2. The van der Waals surface area contributed by atoms with Crippen molar-refractivity contribution in [3.8, 4) is 0 Å². The standard InChI is InChI=1S/C11H12N4O5S3/c16-11(7-4-5-22(17,18)6-7)12-15-23(19,20)9-3-1-2-8-10(9)14-21-13-8/h1-3,7,15H,4-6H2,(H,12,16)/t7-/m1/s1. The number of benzene rings is 1. The summed E-state index contributed by atoms with van der Waals surface area (Å²) in [6.07, 6.45) is 0.182. The van der Waals surface area contributed by atoms with E-state index >= 15 is 0 Å². The van der Waals surface area contributed by atoms with Gasteiger partial charge in [-0.2, -0.15) is 8.75 Å². The quantitative estimate of drug-likeness (QED) is 0.683. The van der Waals surface area contributed by atoms with Gasteiger partial charge in [0, 0.05) is 0 Å². The van der Waals surface area contributed by atoms with Crippen LogP contribution >= 0.6 is 11.7 Å². The molecule has 1 saturated heterocycles. The maximum atomic E-state index is 12.3. The van der Waals surface area contributed by atoms with Crippen molar-refractivity contribution in [2.45, 2.75) is 11.3 Å². The lowest BCUT2D eigenvalue weighted by molar-refractivity contribution is -0.124. The smallest absolute Gasteiger partial charge is 0.259 e. The van der Waals surface area contributed by atoms with Crippen molar-refractivity contribution in [1.29, 1.82) is 0 Å². The zero-order chi connectivity index (χ0) is 16.7. The Bertz CT molecular complexity index is 966. The van der Waals surface area contributed by atoms with E-state index in [1.54, 1.807) is 6.07 Å². The topological polar surface area (TPSA) is 135 Å². The molecular weight excluding hydrogens is 364 g/mol. The van der Waals surface area contributed by atoms with Gasteiger partial charge in [-0.05, 0) is 18.6 Å². The largest absolute Gasteiger partial charge is 0.277 e. The fourth-order valence-corrected chi connectivity index (χ4v) is 5.63. The number of sulfone groups is 1. The lowest BCUT2D eigenvalue weighted by Crippen LogP contribution is -2.44. The van der Waals surface area contributed by atoms with Crippen LogP contribution in [0.25, 0.3) is 11.0 Å². The second kappa shape index (κ2) is 5.78. The van der Waals surface area contributed by atoms with Crippen LogP contribution in [-0.4, -0.2) is 43.0 Å². The summed E-state index contributed by atoms with van der Waals surface area (Å²) in [5, 5.41) is 0. The Kier molecular flexibility index (Phi) is 4.08. The Hall–Kier alpha value is -1.63. The fraction of sp³-hybridized carbons (Fsp3) is 0.364. The Morgan fingerprint density at radius 1 is 1.30 bits per heavy atom. The number of hydrogen-bond acceptors (Lipinski definition) is 8. The number of carbonyl (C=O) groups excluding carboxylic acids is 1. The molecule has 23 heavy (non-hydrogen) atoms. The minimum Gasteiger partial charge on any atom is -0.277 e. The fourth-order valence-electron chi connectivity index (χ4n) is 2.27. The van der Waals surface area contributed by atoms with E-state index in [1.165, 1.54) is 12.1 Å². The molecule has 124 valence electrons. The number of carbonyl (C=O) groups is 1. The number of sulfonamides is 1. The summed E-state index contributed by atoms with van der Waals surface area (Å²) < 4.78 is 55.2. The average molecular weight is 376 g/mol. The lowest BCUT2D eigenvalue weighted by atomic mass is 10.1. The van der Waals surface area contributed by atoms with Gasteiger partial charge in [0.15, 0.2) is 9.84 Å². The van der Waals surface area contributed by atoms with Gasteiger partial charge < -0.3 is 0 Å². The maximum absolute atomic E-state index is 12.3. The molecule has 0 spiro atoms. The molecule has 0 bridgehead atoms. The van der Waals surface area contributed by atoms with E-state index in [1.807, 2.05) is 4.83 Å². The van der Waals surface area contributed by atoms with Crippen molar-refractivity contribution in [3.63, 3.8) is 0 Å². The third-order valence-corrected chi connectivity index (χ3v) is 7.04. The number of amides is 1. The molecule has 0 aliphatic carbocycles. The van der Waals surface area contributed by atoms with E-state index in [4.69, 9.17) is 0 Å². The van der Waals surface area contributed by atoms with Crippen molar-refractivity contribution in [3.05, 3.63) is 18.2 Å². The molecule has 0 saturated carbocycles. The van der Waals surface area contributed by atoms with Gasteiger partial charge in [0.05, 0.1) is 29.2 Å². The summed E-state index contributed by atoms with van der Waals surface area (Å²) in [5.74, 6) is -1.76. The van der Waals surface area contributed by atoms with Gasteiger partial charge in [0.2, 0.25) is 5.91 Å². The van der Waals surface area contributed by atoms with Gasteiger partial charge in [-0.15, -0.1) is 4.83 Å². The summed E-state index contributed by atoms with van der Waals surface area (Å²) in [4.78, 5) is 13.8. The van der Waals surface area contributed by atoms with Gasteiger partial charge >= 0.3 is 0 Å². The van der Waals surface area contributed by atoms with Crippen molar-refractivity contribution < 1.29 is 21.6 Å². The number of hydrogen-bond donors (Lipinski definition) is 2. The molecule has 0 unspecified atom stereocenters. The molecule has 1 aromatic carbocycles. The predicted octanol–water partition coefficient (Wildman–Crippen LogP) is -0.565. The van der Waals surface area contributed by atoms with Crippen LogP contribution < -0.4 is 10.3 Å². The molecule has 1 fully saturated rings. The number of rotatable bonds is 4. The van der Waals surface area contributed by atoms with Crippen LogP contribution in [-0.2, 0) is 24.7 Å². The highest BCUT2D eigenvalue weighted by molar-refractivity contribution is 7.91. The molecule has 1 aliphatic heterocycles. The lowest BCUT2D eigenvalue weighted by Gasteiger charge is -2.11. The number of nitrogens with one attached hydrogen (secondary N) is 2. The molecule has 2 N–H and O–H groups in total. The summed E-state index contributed by atoms with van der Waals surface area (Å²) in [6, 6.07) is 4.49. The van der Waals surface area contributed by atoms with Crippen LogP contribution in [0.15, 0.2) is 23.1 Å². The van der Waals surface area contributed by atoms with Crippen molar-refractivity contribution in [2.24, 2.45) is 5.92 Å². The Morgan fingerprint density at radius 2 is 2.09 bits per heavy atom. The van der Waals surface area contributed by atoms with Gasteiger partial charge in [0.1, 0.15) is 15.9 Å². The first-order chi connectivity index (χ1) is 10.8. The Morgan fingerprint density at radius 3 is 2.78 bits per heavy atom.